The van der Waals surface area contributed by atoms with Gasteiger partial charge in [0.05, 0.1) is 7.11 Å². The Balaban J connectivity index is -0.00000115. The number of carboxylic acid groups (broad SMARTS) is 1. The number of unbranched alkanes of at least 4 members (excludes halogenated alkanes) is 4. The van der Waals surface area contributed by atoms with Crippen molar-refractivity contribution in [1.29, 1.82) is 0 Å². The summed E-state index contributed by atoms with van der Waals surface area (Å²) in [6, 6.07) is 0. The maximum Gasteiger partial charge on any atom is 0.406 e. The summed E-state index contributed by atoms with van der Waals surface area (Å²) >= 11 is 0. The molecular weight excluding hydrogens is 308 g/mol. The van der Waals surface area contributed by atoms with Crippen LogP contribution in [0.1, 0.15) is 58.8 Å². The summed E-state index contributed by atoms with van der Waals surface area (Å²) < 4.78 is 4.46. The summed E-state index contributed by atoms with van der Waals surface area (Å²) in [4.78, 5) is 21.0. The van der Waals surface area contributed by atoms with Gasteiger partial charge in [0.25, 0.3) is 0 Å². The molecule has 0 spiro atoms. The minimum Gasteiger partial charge on any atom is -1.00 e. The second-order valence-corrected chi connectivity index (χ2v) is 4.43. The molecule has 0 aliphatic rings. The molecule has 3 N–H and O–H groups in total. The number of rotatable bonds is 12. The monoisotopic (exact) mass is 339 g/mol. The number of alkyl carbamates (subject to hydrolysis) is 1. The zero-order valence-electron chi connectivity index (χ0n) is 14.1. The van der Waals surface area contributed by atoms with E-state index in [0.29, 0.717) is 6.54 Å². The Morgan fingerprint density at radius 2 is 1.41 bits per heavy atom. The summed E-state index contributed by atoms with van der Waals surface area (Å²) in [5.41, 5.74) is 0. The van der Waals surface area contributed by atoms with E-state index >= 15 is 0 Å². The van der Waals surface area contributed by atoms with Crippen LogP contribution in [-0.2, 0) is 9.53 Å². The number of carboxylic acids is 1. The summed E-state index contributed by atoms with van der Waals surface area (Å²) in [5, 5.41) is 14.4. The zero-order chi connectivity index (χ0) is 16.3. The second-order valence-electron chi connectivity index (χ2n) is 4.43. The second kappa shape index (κ2) is 22.3. The molecule has 1 amide bonds. The van der Waals surface area contributed by atoms with Gasteiger partial charge in [-0.2, -0.15) is 0 Å². The van der Waals surface area contributed by atoms with Gasteiger partial charge in [0.1, 0.15) is 0 Å². The van der Waals surface area contributed by atoms with E-state index in [2.05, 4.69) is 15.4 Å². The van der Waals surface area contributed by atoms with E-state index < -0.39 is 5.97 Å². The first-order valence-electron chi connectivity index (χ1n) is 7.91. The predicted octanol–water partition coefficient (Wildman–Crippen LogP) is -0.222. The number of nitrogens with one attached hydrogen (secondary N) is 2. The van der Waals surface area contributed by atoms with Crippen LogP contribution in [-0.4, -0.2) is 43.9 Å². The van der Waals surface area contributed by atoms with Crippen molar-refractivity contribution in [2.75, 3.05) is 26.7 Å². The predicted molar refractivity (Wildman–Crippen MR) is 84.6 cm³/mol. The first-order chi connectivity index (χ1) is 10.2. The Bertz CT molecular complexity index is 254. The van der Waals surface area contributed by atoms with Crippen molar-refractivity contribution in [3.05, 3.63) is 0 Å². The van der Waals surface area contributed by atoms with Crippen molar-refractivity contribution >= 4 is 12.1 Å². The maximum absolute atomic E-state index is 10.7. The largest absolute Gasteiger partial charge is 1.00 e. The summed E-state index contributed by atoms with van der Waals surface area (Å²) in [5.74, 6) is -0.714. The van der Waals surface area contributed by atoms with E-state index in [0.717, 1.165) is 51.6 Å². The molecule has 0 fully saturated rings. The van der Waals surface area contributed by atoms with Crippen molar-refractivity contribution in [3.8, 4) is 0 Å². The van der Waals surface area contributed by atoms with Gasteiger partial charge in [0, 0.05) is 13.0 Å². The van der Waals surface area contributed by atoms with Gasteiger partial charge in [-0.1, -0.05) is 26.7 Å². The summed E-state index contributed by atoms with van der Waals surface area (Å²) in [7, 11) is 1.36. The highest BCUT2D eigenvalue weighted by molar-refractivity contribution is 5.66. The molecule has 0 bridgehead atoms. The fourth-order valence-corrected chi connectivity index (χ4v) is 1.64. The lowest BCUT2D eigenvalue weighted by molar-refractivity contribution is -0.137. The molecule has 0 saturated carbocycles. The molecule has 134 valence electrons. The van der Waals surface area contributed by atoms with Crippen molar-refractivity contribution in [2.24, 2.45) is 0 Å². The van der Waals surface area contributed by atoms with Gasteiger partial charge >= 0.3 is 12.1 Å². The van der Waals surface area contributed by atoms with Crippen molar-refractivity contribution < 1.29 is 31.8 Å². The van der Waals surface area contributed by atoms with Gasteiger partial charge in [-0.25, -0.2) is 4.79 Å². The molecule has 0 aromatic rings. The molecule has 0 unspecified atom stereocenters. The van der Waals surface area contributed by atoms with Crippen LogP contribution in [0, 0.1) is 0 Å². The van der Waals surface area contributed by atoms with Gasteiger partial charge < -0.3 is 32.9 Å². The molecule has 22 heavy (non-hydrogen) atoms. The average Bonchev–Trinajstić information content (AvgIpc) is 2.49. The Kier molecular flexibility index (Phi) is 26.2. The van der Waals surface area contributed by atoms with Crippen molar-refractivity contribution in [3.63, 3.8) is 0 Å². The van der Waals surface area contributed by atoms with Crippen LogP contribution in [0.25, 0.3) is 0 Å². The van der Waals surface area contributed by atoms with Gasteiger partial charge in [0.15, 0.2) is 0 Å². The molecule has 0 rings (SSSR count). The summed E-state index contributed by atoms with van der Waals surface area (Å²) in [6.07, 6.45) is 5.74. The number of hydrogen-bond donors (Lipinski definition) is 3. The van der Waals surface area contributed by atoms with E-state index in [1.54, 1.807) is 0 Å². The third-order valence-electron chi connectivity index (χ3n) is 2.73. The van der Waals surface area contributed by atoms with E-state index in [1.807, 2.05) is 13.8 Å². The third-order valence-corrected chi connectivity index (χ3v) is 2.73. The van der Waals surface area contributed by atoms with Crippen LogP contribution in [0.2, 0.25) is 0 Å². The van der Waals surface area contributed by atoms with Crippen molar-refractivity contribution in [2.45, 2.75) is 58.8 Å². The average molecular weight is 340 g/mol. The minimum absolute atomic E-state index is 0. The molecule has 0 aromatic heterocycles. The van der Waals surface area contributed by atoms with Crippen LogP contribution < -0.4 is 23.0 Å². The quantitative estimate of drug-likeness (QED) is 0.428. The van der Waals surface area contributed by atoms with Crippen LogP contribution in [0.15, 0.2) is 0 Å². The molecule has 0 aliphatic carbocycles. The molecule has 0 saturated heterocycles. The van der Waals surface area contributed by atoms with Gasteiger partial charge in [-0.3, -0.25) is 4.79 Å². The van der Waals surface area contributed by atoms with Crippen molar-refractivity contribution in [1.82, 2.24) is 10.6 Å². The molecule has 7 heteroatoms. The maximum atomic E-state index is 10.7. The SMILES string of the molecule is CC.COC(=O)NCCCCCNCCCCCC(=O)O.[Cl-]. The number of carbonyl (C=O) groups excluding carboxylic acids is 1. The van der Waals surface area contributed by atoms with Crippen LogP contribution in [0.5, 0.6) is 0 Å². The minimum atomic E-state index is -0.714. The highest BCUT2D eigenvalue weighted by Crippen LogP contribution is 1.99. The Labute approximate surface area is 140 Å². The van der Waals surface area contributed by atoms with E-state index in [9.17, 15) is 9.59 Å². The number of hydrogen-bond acceptors (Lipinski definition) is 4. The number of carbonyl (C=O) groups is 2. The van der Waals surface area contributed by atoms with Crippen LogP contribution in [0.4, 0.5) is 4.79 Å². The zero-order valence-corrected chi connectivity index (χ0v) is 14.9. The fourth-order valence-electron chi connectivity index (χ4n) is 1.64. The first-order valence-corrected chi connectivity index (χ1v) is 7.91. The van der Waals surface area contributed by atoms with Crippen LogP contribution >= 0.6 is 0 Å². The molecule has 6 nitrogen and oxygen atoms in total. The first kappa shape index (κ1) is 25.9. The Morgan fingerprint density at radius 3 is 1.91 bits per heavy atom. The molecule has 0 aromatic carbocycles. The molecule has 0 heterocycles. The number of ether oxygens (including phenoxy) is 1. The van der Waals surface area contributed by atoms with Gasteiger partial charge in [-0.05, 0) is 38.8 Å². The Hall–Kier alpha value is -1.01. The van der Waals surface area contributed by atoms with E-state index in [1.165, 1.54) is 7.11 Å². The standard InChI is InChI=1S/C13H26N2O4.C2H6.ClH/c1-19-13(18)15-11-7-3-6-10-14-9-5-2-4-8-12(16)17;1-2;/h14H,2-11H2,1H3,(H,15,18)(H,16,17);1-2H3;1H/p-1. The molecule has 0 atom stereocenters. The van der Waals surface area contributed by atoms with E-state index in [-0.39, 0.29) is 24.9 Å². The van der Waals surface area contributed by atoms with Gasteiger partial charge in [0.2, 0.25) is 0 Å². The molecule has 0 radical (unpaired) electrons. The lowest BCUT2D eigenvalue weighted by Crippen LogP contribution is -3.00. The number of halogens is 1. The number of aliphatic carboxylic acids is 1. The summed E-state index contributed by atoms with van der Waals surface area (Å²) in [6.45, 7) is 6.57. The number of amides is 1. The van der Waals surface area contributed by atoms with Crippen LogP contribution in [0.3, 0.4) is 0 Å². The molecule has 0 aliphatic heterocycles. The fraction of sp³-hybridized carbons (Fsp3) is 0.867. The highest BCUT2D eigenvalue weighted by atomic mass is 35.5. The topological polar surface area (TPSA) is 87.7 Å². The Morgan fingerprint density at radius 1 is 0.909 bits per heavy atom. The third kappa shape index (κ3) is 24.0. The number of methoxy groups -OCH3 is 1. The van der Waals surface area contributed by atoms with E-state index in [4.69, 9.17) is 5.11 Å². The highest BCUT2D eigenvalue weighted by Gasteiger charge is 1.97. The molecular formula is C15H32ClN2O4-. The lowest BCUT2D eigenvalue weighted by atomic mass is 10.2. The lowest BCUT2D eigenvalue weighted by Gasteiger charge is -2.05. The smallest absolute Gasteiger partial charge is 0.406 e. The normalized spacial score (nSPS) is 9.05. The van der Waals surface area contributed by atoms with Gasteiger partial charge in [-0.15, -0.1) is 0 Å².